The molecule has 0 aliphatic heterocycles. The first-order chi connectivity index (χ1) is 9.24. The standard InChI is InChI=1S/C12H8N4O3/c17-7-1-2-10(18)8(5-7)12-15-11(16-19-12)9-3-4-13-6-14-9/h1-6,17-18H. The highest BCUT2D eigenvalue weighted by Gasteiger charge is 2.15. The van der Waals surface area contributed by atoms with Crippen molar-refractivity contribution in [3.05, 3.63) is 36.8 Å². The van der Waals surface area contributed by atoms with E-state index in [2.05, 4.69) is 20.1 Å². The van der Waals surface area contributed by atoms with Crippen molar-refractivity contribution in [3.63, 3.8) is 0 Å². The Morgan fingerprint density at radius 3 is 2.79 bits per heavy atom. The van der Waals surface area contributed by atoms with Crippen LogP contribution in [0, 0.1) is 0 Å². The summed E-state index contributed by atoms with van der Waals surface area (Å²) < 4.78 is 5.05. The molecule has 94 valence electrons. The second kappa shape index (κ2) is 4.37. The maximum atomic E-state index is 9.70. The van der Waals surface area contributed by atoms with Crippen LogP contribution in [0.4, 0.5) is 0 Å². The van der Waals surface area contributed by atoms with E-state index in [1.54, 1.807) is 12.3 Å². The van der Waals surface area contributed by atoms with E-state index in [1.807, 2.05) is 0 Å². The molecule has 19 heavy (non-hydrogen) atoms. The predicted molar refractivity (Wildman–Crippen MR) is 64.1 cm³/mol. The second-order valence-electron chi connectivity index (χ2n) is 3.72. The van der Waals surface area contributed by atoms with Crippen LogP contribution in [0.1, 0.15) is 0 Å². The summed E-state index contributed by atoms with van der Waals surface area (Å²) in [6.07, 6.45) is 2.93. The van der Waals surface area contributed by atoms with Crippen LogP contribution in [-0.4, -0.2) is 30.3 Å². The lowest BCUT2D eigenvalue weighted by Gasteiger charge is -1.99. The lowest BCUT2D eigenvalue weighted by molar-refractivity contribution is 0.423. The van der Waals surface area contributed by atoms with Gasteiger partial charge >= 0.3 is 0 Å². The van der Waals surface area contributed by atoms with E-state index in [0.717, 1.165) is 0 Å². The van der Waals surface area contributed by atoms with Gasteiger partial charge in [-0.2, -0.15) is 4.98 Å². The fourth-order valence-corrected chi connectivity index (χ4v) is 1.56. The van der Waals surface area contributed by atoms with Crippen molar-refractivity contribution in [1.82, 2.24) is 20.1 Å². The van der Waals surface area contributed by atoms with Gasteiger partial charge in [-0.1, -0.05) is 5.16 Å². The van der Waals surface area contributed by atoms with Crippen molar-refractivity contribution >= 4 is 0 Å². The van der Waals surface area contributed by atoms with Gasteiger partial charge in [0.05, 0.1) is 5.56 Å². The largest absolute Gasteiger partial charge is 0.508 e. The Hall–Kier alpha value is -2.96. The van der Waals surface area contributed by atoms with Crippen LogP contribution >= 0.6 is 0 Å². The van der Waals surface area contributed by atoms with Gasteiger partial charge in [-0.15, -0.1) is 0 Å². The maximum Gasteiger partial charge on any atom is 0.262 e. The minimum atomic E-state index is -0.0595. The molecule has 7 nitrogen and oxygen atoms in total. The average Bonchev–Trinajstić information content (AvgIpc) is 2.92. The zero-order chi connectivity index (χ0) is 13.2. The number of rotatable bonds is 2. The van der Waals surface area contributed by atoms with E-state index in [0.29, 0.717) is 5.69 Å². The van der Waals surface area contributed by atoms with Crippen molar-refractivity contribution in [2.75, 3.05) is 0 Å². The number of aromatic nitrogens is 4. The highest BCUT2D eigenvalue weighted by molar-refractivity contribution is 5.65. The number of hydrogen-bond donors (Lipinski definition) is 2. The molecule has 3 rings (SSSR count). The smallest absolute Gasteiger partial charge is 0.262 e. The van der Waals surface area contributed by atoms with E-state index >= 15 is 0 Å². The Balaban J connectivity index is 2.04. The molecule has 0 aliphatic rings. The molecule has 0 spiro atoms. The molecule has 2 heterocycles. The molecule has 0 aliphatic carbocycles. The molecular formula is C12H8N4O3. The third-order valence-corrected chi connectivity index (χ3v) is 2.45. The van der Waals surface area contributed by atoms with E-state index < -0.39 is 0 Å². The first kappa shape index (κ1) is 11.1. The SMILES string of the molecule is Oc1ccc(O)c(-c2nc(-c3ccncn3)no2)c1. The van der Waals surface area contributed by atoms with Crippen LogP contribution in [0.3, 0.4) is 0 Å². The summed E-state index contributed by atoms with van der Waals surface area (Å²) in [5.74, 6) is 0.312. The van der Waals surface area contributed by atoms with Crippen LogP contribution < -0.4 is 0 Å². The Morgan fingerprint density at radius 2 is 2.00 bits per heavy atom. The van der Waals surface area contributed by atoms with E-state index in [-0.39, 0.29) is 28.8 Å². The van der Waals surface area contributed by atoms with Gasteiger partial charge in [0.1, 0.15) is 23.5 Å². The Morgan fingerprint density at radius 1 is 1.11 bits per heavy atom. The van der Waals surface area contributed by atoms with Gasteiger partial charge in [0.15, 0.2) is 0 Å². The summed E-state index contributed by atoms with van der Waals surface area (Å²) in [5.41, 5.74) is 0.762. The van der Waals surface area contributed by atoms with Crippen LogP contribution in [0.25, 0.3) is 23.0 Å². The van der Waals surface area contributed by atoms with Crippen LogP contribution in [0.15, 0.2) is 41.3 Å². The summed E-state index contributed by atoms with van der Waals surface area (Å²) in [7, 11) is 0. The number of nitrogens with zero attached hydrogens (tertiary/aromatic N) is 4. The molecule has 0 unspecified atom stereocenters. The molecule has 0 bridgehead atoms. The van der Waals surface area contributed by atoms with E-state index in [1.165, 1.54) is 24.5 Å². The molecule has 2 aromatic heterocycles. The van der Waals surface area contributed by atoms with Gasteiger partial charge in [-0.25, -0.2) is 9.97 Å². The lowest BCUT2D eigenvalue weighted by Crippen LogP contribution is -1.86. The zero-order valence-electron chi connectivity index (χ0n) is 9.56. The molecule has 2 N–H and O–H groups in total. The lowest BCUT2D eigenvalue weighted by atomic mass is 10.2. The predicted octanol–water partition coefficient (Wildman–Crippen LogP) is 1.60. The van der Waals surface area contributed by atoms with Gasteiger partial charge in [-0.05, 0) is 24.3 Å². The molecule has 0 fully saturated rings. The van der Waals surface area contributed by atoms with Crippen LogP contribution in [-0.2, 0) is 0 Å². The molecular weight excluding hydrogens is 248 g/mol. The summed E-state index contributed by atoms with van der Waals surface area (Å²) in [6, 6.07) is 5.68. The van der Waals surface area contributed by atoms with E-state index in [4.69, 9.17) is 4.52 Å². The van der Waals surface area contributed by atoms with Gasteiger partial charge in [0, 0.05) is 6.20 Å². The van der Waals surface area contributed by atoms with E-state index in [9.17, 15) is 10.2 Å². The topological polar surface area (TPSA) is 105 Å². The van der Waals surface area contributed by atoms with Gasteiger partial charge in [0.25, 0.3) is 5.89 Å². The first-order valence-electron chi connectivity index (χ1n) is 5.36. The monoisotopic (exact) mass is 256 g/mol. The minimum absolute atomic E-state index is 0.00501. The average molecular weight is 256 g/mol. The fourth-order valence-electron chi connectivity index (χ4n) is 1.56. The van der Waals surface area contributed by atoms with Gasteiger partial charge in [0.2, 0.25) is 5.82 Å². The molecule has 0 amide bonds. The summed E-state index contributed by atoms with van der Waals surface area (Å²) in [5, 5.41) is 22.9. The molecule has 3 aromatic rings. The minimum Gasteiger partial charge on any atom is -0.508 e. The maximum absolute atomic E-state index is 9.70. The van der Waals surface area contributed by atoms with Crippen molar-refractivity contribution in [1.29, 1.82) is 0 Å². The van der Waals surface area contributed by atoms with Crippen molar-refractivity contribution in [3.8, 4) is 34.5 Å². The number of phenols is 2. The molecule has 0 saturated carbocycles. The fraction of sp³-hybridized carbons (Fsp3) is 0. The third kappa shape index (κ3) is 2.08. The van der Waals surface area contributed by atoms with Crippen molar-refractivity contribution in [2.24, 2.45) is 0 Å². The van der Waals surface area contributed by atoms with Crippen molar-refractivity contribution < 1.29 is 14.7 Å². The number of aromatic hydroxyl groups is 2. The normalized spacial score (nSPS) is 10.5. The molecule has 1 aromatic carbocycles. The highest BCUT2D eigenvalue weighted by Crippen LogP contribution is 2.31. The quantitative estimate of drug-likeness (QED) is 0.671. The summed E-state index contributed by atoms with van der Waals surface area (Å²) in [4.78, 5) is 11.9. The van der Waals surface area contributed by atoms with Gasteiger partial charge < -0.3 is 14.7 Å². The molecule has 0 atom stereocenters. The third-order valence-electron chi connectivity index (χ3n) is 2.45. The number of hydrogen-bond acceptors (Lipinski definition) is 7. The summed E-state index contributed by atoms with van der Waals surface area (Å²) >= 11 is 0. The van der Waals surface area contributed by atoms with Crippen LogP contribution in [0.2, 0.25) is 0 Å². The van der Waals surface area contributed by atoms with Gasteiger partial charge in [-0.3, -0.25) is 0 Å². The summed E-state index contributed by atoms with van der Waals surface area (Å²) in [6.45, 7) is 0. The Bertz CT molecular complexity index is 712. The number of phenolic OH excluding ortho intramolecular Hbond substituents is 2. The molecule has 7 heteroatoms. The van der Waals surface area contributed by atoms with Crippen molar-refractivity contribution in [2.45, 2.75) is 0 Å². The Kier molecular flexibility index (Phi) is 2.57. The molecule has 0 radical (unpaired) electrons. The zero-order valence-corrected chi connectivity index (χ0v) is 9.56. The second-order valence-corrected chi connectivity index (χ2v) is 3.72. The van der Waals surface area contributed by atoms with Crippen LogP contribution in [0.5, 0.6) is 11.5 Å². The molecule has 0 saturated heterocycles. The highest BCUT2D eigenvalue weighted by atomic mass is 16.5. The first-order valence-corrected chi connectivity index (χ1v) is 5.36. The number of benzene rings is 1. The Labute approximate surface area is 107 Å².